The number of hydrogen-bond donors (Lipinski definition) is 3. The number of amides is 1. The molecule has 5 heterocycles. The molecule has 10 nitrogen and oxygen atoms in total. The third-order valence-electron chi connectivity index (χ3n) is 6.24. The number of amidine groups is 1. The van der Waals surface area contributed by atoms with Gasteiger partial charge in [-0.05, 0) is 44.2 Å². The highest BCUT2D eigenvalue weighted by atomic mass is 16.2. The van der Waals surface area contributed by atoms with E-state index in [1.54, 1.807) is 12.4 Å². The van der Waals surface area contributed by atoms with Crippen molar-refractivity contribution in [3.05, 3.63) is 48.1 Å². The van der Waals surface area contributed by atoms with Gasteiger partial charge in [-0.15, -0.1) is 0 Å². The molecule has 0 bridgehead atoms. The van der Waals surface area contributed by atoms with Crippen LogP contribution in [0.25, 0.3) is 0 Å². The van der Waals surface area contributed by atoms with Crippen LogP contribution in [0.2, 0.25) is 0 Å². The van der Waals surface area contributed by atoms with Gasteiger partial charge in [0.05, 0.1) is 17.6 Å². The zero-order chi connectivity index (χ0) is 21.5. The summed E-state index contributed by atoms with van der Waals surface area (Å²) in [4.78, 5) is 28.7. The summed E-state index contributed by atoms with van der Waals surface area (Å²) in [7, 11) is 0. The fourth-order valence-corrected chi connectivity index (χ4v) is 4.45. The van der Waals surface area contributed by atoms with Gasteiger partial charge in [-0.3, -0.25) is 25.3 Å². The lowest BCUT2D eigenvalue weighted by atomic mass is 10.2. The molecule has 3 N–H and O–H groups in total. The Morgan fingerprint density at radius 2 is 2.19 bits per heavy atom. The predicted molar refractivity (Wildman–Crippen MR) is 120 cm³/mol. The number of fused-ring (bicyclic) bond motifs is 1. The Morgan fingerprint density at radius 1 is 1.25 bits per heavy atom. The third kappa shape index (κ3) is 3.61. The number of rotatable bonds is 4. The lowest BCUT2D eigenvalue weighted by Crippen LogP contribution is -2.56. The van der Waals surface area contributed by atoms with Gasteiger partial charge < -0.3 is 10.2 Å². The largest absolute Gasteiger partial charge is 0.329 e. The van der Waals surface area contributed by atoms with Gasteiger partial charge in [0, 0.05) is 37.0 Å². The summed E-state index contributed by atoms with van der Waals surface area (Å²) in [5, 5.41) is 12.5. The SMILES string of the molecule is O=C(Nc1cccnc1)[C@@H]1CCCN1C1=NC(=Nc2cc(C3CC3)[nH]n2)C2=CCCN2N1. The fourth-order valence-electron chi connectivity index (χ4n) is 4.45. The van der Waals surface area contributed by atoms with E-state index in [1.807, 2.05) is 23.1 Å². The van der Waals surface area contributed by atoms with Crippen LogP contribution in [0.15, 0.2) is 52.4 Å². The molecule has 1 saturated carbocycles. The summed E-state index contributed by atoms with van der Waals surface area (Å²) in [6.45, 7) is 1.59. The maximum Gasteiger partial charge on any atom is 0.247 e. The van der Waals surface area contributed by atoms with Gasteiger partial charge in [0.1, 0.15) is 6.04 Å². The van der Waals surface area contributed by atoms with Gasteiger partial charge in [-0.2, -0.15) is 10.1 Å². The van der Waals surface area contributed by atoms with Crippen LogP contribution >= 0.6 is 0 Å². The minimum atomic E-state index is -0.303. The number of aromatic amines is 1. The molecule has 6 rings (SSSR count). The van der Waals surface area contributed by atoms with Crippen LogP contribution in [0.4, 0.5) is 11.5 Å². The molecule has 32 heavy (non-hydrogen) atoms. The minimum Gasteiger partial charge on any atom is -0.329 e. The minimum absolute atomic E-state index is 0.0531. The molecule has 1 aliphatic carbocycles. The highest BCUT2D eigenvalue weighted by Crippen LogP contribution is 2.40. The van der Waals surface area contributed by atoms with Crippen LogP contribution < -0.4 is 10.7 Å². The van der Waals surface area contributed by atoms with E-state index in [4.69, 9.17) is 9.98 Å². The second-order valence-corrected chi connectivity index (χ2v) is 8.55. The highest BCUT2D eigenvalue weighted by Gasteiger charge is 2.37. The molecular weight excluding hydrogens is 406 g/mol. The van der Waals surface area contributed by atoms with Crippen molar-refractivity contribution in [2.45, 2.75) is 44.1 Å². The first kappa shape index (κ1) is 19.0. The zero-order valence-electron chi connectivity index (χ0n) is 17.7. The Labute approximate surface area is 185 Å². The van der Waals surface area contributed by atoms with Gasteiger partial charge in [0.2, 0.25) is 11.9 Å². The lowest BCUT2D eigenvalue weighted by molar-refractivity contribution is -0.119. The van der Waals surface area contributed by atoms with E-state index in [0.717, 1.165) is 43.7 Å². The molecule has 1 saturated heterocycles. The number of nitrogens with zero attached hydrogens (tertiary/aromatic N) is 6. The van der Waals surface area contributed by atoms with Crippen LogP contribution in [-0.2, 0) is 4.79 Å². The molecule has 2 fully saturated rings. The number of carbonyl (C=O) groups excluding carboxylic acids is 1. The Bertz CT molecular complexity index is 1120. The van der Waals surface area contributed by atoms with E-state index in [0.29, 0.717) is 29.2 Å². The molecule has 1 atom stereocenters. The van der Waals surface area contributed by atoms with Gasteiger partial charge in [0.15, 0.2) is 11.7 Å². The normalized spacial score (nSPS) is 23.6. The van der Waals surface area contributed by atoms with Crippen molar-refractivity contribution in [2.75, 3.05) is 18.4 Å². The van der Waals surface area contributed by atoms with E-state index in [2.05, 4.69) is 37.0 Å². The number of aromatic nitrogens is 3. The van der Waals surface area contributed by atoms with E-state index in [9.17, 15) is 4.79 Å². The number of likely N-dealkylation sites (tertiary alicyclic amines) is 1. The van der Waals surface area contributed by atoms with Gasteiger partial charge in [0.25, 0.3) is 0 Å². The summed E-state index contributed by atoms with van der Waals surface area (Å²) >= 11 is 0. The molecule has 3 aliphatic heterocycles. The van der Waals surface area contributed by atoms with Crippen LogP contribution in [0.1, 0.15) is 43.7 Å². The number of anilines is 1. The number of nitrogens with one attached hydrogen (secondary N) is 3. The van der Waals surface area contributed by atoms with Gasteiger partial charge >= 0.3 is 0 Å². The second-order valence-electron chi connectivity index (χ2n) is 8.55. The number of hydrazine groups is 1. The predicted octanol–water partition coefficient (Wildman–Crippen LogP) is 2.28. The molecule has 0 spiro atoms. The molecule has 164 valence electrons. The van der Waals surface area contributed by atoms with Crippen molar-refractivity contribution in [3.63, 3.8) is 0 Å². The van der Waals surface area contributed by atoms with Crippen LogP contribution in [0.3, 0.4) is 0 Å². The smallest absolute Gasteiger partial charge is 0.247 e. The van der Waals surface area contributed by atoms with Gasteiger partial charge in [-0.25, -0.2) is 4.99 Å². The molecule has 0 unspecified atom stereocenters. The first-order valence-corrected chi connectivity index (χ1v) is 11.2. The number of hydrogen-bond acceptors (Lipinski definition) is 7. The maximum absolute atomic E-state index is 13.0. The van der Waals surface area contributed by atoms with Crippen LogP contribution in [0, 0.1) is 0 Å². The lowest BCUT2D eigenvalue weighted by Gasteiger charge is -2.35. The van der Waals surface area contributed by atoms with Crippen molar-refractivity contribution in [1.82, 2.24) is 30.5 Å². The summed E-state index contributed by atoms with van der Waals surface area (Å²) in [6.07, 6.45) is 10.5. The third-order valence-corrected chi connectivity index (χ3v) is 6.24. The fraction of sp³-hybridized carbons (Fsp3) is 0.409. The quantitative estimate of drug-likeness (QED) is 0.684. The zero-order valence-corrected chi connectivity index (χ0v) is 17.7. The Balaban J connectivity index is 1.27. The number of aliphatic imine (C=N–C) groups is 2. The standard InChI is InChI=1S/C22H25N9O/c32-21(24-15-4-1-9-23-13-15)18-6-2-10-30(18)22-26-20(17-5-3-11-31(17)29-22)25-19-12-16(27-28-19)14-7-8-14/h1,4-5,9,12-14,18H,2-3,6-8,10-11H2,(H,24,32)(H2,25,26,27,28,29)/t18-/m0/s1. The molecule has 4 aliphatic rings. The highest BCUT2D eigenvalue weighted by molar-refractivity contribution is 6.09. The summed E-state index contributed by atoms with van der Waals surface area (Å²) < 4.78 is 0. The number of guanidine groups is 1. The first-order chi connectivity index (χ1) is 15.7. The molecule has 2 aromatic heterocycles. The van der Waals surface area contributed by atoms with Crippen molar-refractivity contribution in [1.29, 1.82) is 0 Å². The summed E-state index contributed by atoms with van der Waals surface area (Å²) in [6, 6.07) is 5.36. The number of H-pyrrole nitrogens is 1. The van der Waals surface area contributed by atoms with Crippen LogP contribution in [-0.4, -0.2) is 61.9 Å². The number of carbonyl (C=O) groups is 1. The van der Waals surface area contributed by atoms with E-state index >= 15 is 0 Å². The van der Waals surface area contributed by atoms with Crippen molar-refractivity contribution >= 4 is 29.2 Å². The first-order valence-electron chi connectivity index (χ1n) is 11.2. The van der Waals surface area contributed by atoms with E-state index in [-0.39, 0.29) is 11.9 Å². The van der Waals surface area contributed by atoms with Crippen molar-refractivity contribution in [3.8, 4) is 0 Å². The summed E-state index contributed by atoms with van der Waals surface area (Å²) in [5.41, 5.74) is 6.19. The molecular formula is C22H25N9O. The Hall–Kier alpha value is -3.69. The number of pyridine rings is 1. The van der Waals surface area contributed by atoms with Crippen molar-refractivity contribution in [2.24, 2.45) is 9.98 Å². The Morgan fingerprint density at radius 3 is 3.03 bits per heavy atom. The van der Waals surface area contributed by atoms with Crippen molar-refractivity contribution < 1.29 is 4.79 Å². The summed E-state index contributed by atoms with van der Waals surface area (Å²) in [5.74, 6) is 2.47. The topological polar surface area (TPSA) is 114 Å². The average molecular weight is 432 g/mol. The molecule has 10 heteroatoms. The maximum atomic E-state index is 13.0. The van der Waals surface area contributed by atoms with E-state index in [1.165, 1.54) is 12.8 Å². The molecule has 1 amide bonds. The van der Waals surface area contributed by atoms with E-state index < -0.39 is 0 Å². The second kappa shape index (κ2) is 7.77. The molecule has 2 aromatic rings. The van der Waals surface area contributed by atoms with Crippen LogP contribution in [0.5, 0.6) is 0 Å². The molecule has 0 radical (unpaired) electrons. The molecule has 0 aromatic carbocycles. The van der Waals surface area contributed by atoms with Gasteiger partial charge in [-0.1, -0.05) is 6.08 Å². The average Bonchev–Trinajstić information content (AvgIpc) is 3.20. The Kier molecular flexibility index (Phi) is 4.62. The monoisotopic (exact) mass is 431 g/mol.